The quantitative estimate of drug-likeness (QED) is 0.841. The van der Waals surface area contributed by atoms with E-state index in [0.717, 1.165) is 11.3 Å². The summed E-state index contributed by atoms with van der Waals surface area (Å²) in [6.45, 7) is 1.97. The molecule has 0 saturated heterocycles. The first-order chi connectivity index (χ1) is 9.74. The van der Waals surface area contributed by atoms with Gasteiger partial charge < -0.3 is 5.32 Å². The molecule has 1 atom stereocenters. The van der Waals surface area contributed by atoms with E-state index in [1.54, 1.807) is 24.3 Å². The summed E-state index contributed by atoms with van der Waals surface area (Å²) in [4.78, 5) is 0. The summed E-state index contributed by atoms with van der Waals surface area (Å²) in [6, 6.07) is 8.88. The van der Waals surface area contributed by atoms with Crippen LogP contribution in [-0.4, -0.2) is 8.42 Å². The van der Waals surface area contributed by atoms with Gasteiger partial charge in [-0.15, -0.1) is 11.3 Å². The number of primary sulfonamides is 1. The van der Waals surface area contributed by atoms with Crippen molar-refractivity contribution >= 4 is 50.2 Å². The average Bonchev–Trinajstić information content (AvgIpc) is 2.69. The number of halogens is 2. The fourth-order valence-electron chi connectivity index (χ4n) is 1.91. The number of benzene rings is 1. The highest BCUT2D eigenvalue weighted by Crippen LogP contribution is 2.36. The van der Waals surface area contributed by atoms with Crippen molar-refractivity contribution in [2.24, 2.45) is 5.14 Å². The zero-order valence-electron chi connectivity index (χ0n) is 11.1. The van der Waals surface area contributed by atoms with Crippen LogP contribution in [-0.2, 0) is 15.8 Å². The van der Waals surface area contributed by atoms with Gasteiger partial charge in [0.2, 0.25) is 10.0 Å². The maximum Gasteiger partial charge on any atom is 0.213 e. The minimum atomic E-state index is -3.51. The molecule has 1 heterocycles. The van der Waals surface area contributed by atoms with Gasteiger partial charge in [0.15, 0.2) is 0 Å². The maximum atomic E-state index is 11.0. The lowest BCUT2D eigenvalue weighted by molar-refractivity contribution is 0.597. The topological polar surface area (TPSA) is 72.2 Å². The highest BCUT2D eigenvalue weighted by molar-refractivity contribution is 7.88. The van der Waals surface area contributed by atoms with Crippen molar-refractivity contribution in [2.45, 2.75) is 18.7 Å². The fraction of sp³-hybridized carbons (Fsp3) is 0.231. The Morgan fingerprint density at radius 3 is 2.38 bits per heavy atom. The Morgan fingerprint density at radius 1 is 1.29 bits per heavy atom. The minimum Gasteiger partial charge on any atom is -0.378 e. The largest absolute Gasteiger partial charge is 0.378 e. The summed E-state index contributed by atoms with van der Waals surface area (Å²) >= 11 is 13.4. The van der Waals surface area contributed by atoms with Gasteiger partial charge in [-0.2, -0.15) is 0 Å². The molecule has 0 radical (unpaired) electrons. The van der Waals surface area contributed by atoms with Crippen molar-refractivity contribution in [3.63, 3.8) is 0 Å². The molecular formula is C13H14Cl2N2O2S2. The molecule has 4 nitrogen and oxygen atoms in total. The number of thiophene rings is 1. The molecule has 0 aliphatic rings. The molecule has 0 saturated carbocycles. The minimum absolute atomic E-state index is 0.00894. The second-order valence-electron chi connectivity index (χ2n) is 4.65. The number of anilines is 1. The number of hydrogen-bond donors (Lipinski definition) is 2. The van der Waals surface area contributed by atoms with E-state index in [1.165, 1.54) is 11.3 Å². The van der Waals surface area contributed by atoms with Crippen LogP contribution in [0.3, 0.4) is 0 Å². The van der Waals surface area contributed by atoms with Crippen molar-refractivity contribution in [2.75, 3.05) is 5.32 Å². The van der Waals surface area contributed by atoms with Crippen molar-refractivity contribution in [3.05, 3.63) is 50.1 Å². The van der Waals surface area contributed by atoms with Crippen molar-refractivity contribution in [1.82, 2.24) is 0 Å². The lowest BCUT2D eigenvalue weighted by Crippen LogP contribution is -2.14. The Labute approximate surface area is 137 Å². The molecule has 114 valence electrons. The SMILES string of the molecule is CC(Nc1ccc(CS(N)(=O)=O)cc1)c1cc(Cl)sc1Cl. The van der Waals surface area contributed by atoms with Gasteiger partial charge in [0.05, 0.1) is 20.5 Å². The van der Waals surface area contributed by atoms with Crippen LogP contribution in [0.4, 0.5) is 5.69 Å². The zero-order chi connectivity index (χ0) is 15.6. The summed E-state index contributed by atoms with van der Waals surface area (Å²) in [6.07, 6.45) is 0. The van der Waals surface area contributed by atoms with Crippen LogP contribution >= 0.6 is 34.5 Å². The van der Waals surface area contributed by atoms with Crippen LogP contribution in [0.15, 0.2) is 30.3 Å². The highest BCUT2D eigenvalue weighted by atomic mass is 35.5. The predicted octanol–water partition coefficient (Wildman–Crippen LogP) is 4.02. The van der Waals surface area contributed by atoms with Crippen molar-refractivity contribution in [1.29, 1.82) is 0 Å². The molecule has 2 rings (SSSR count). The summed E-state index contributed by atoms with van der Waals surface area (Å²) in [7, 11) is -3.51. The van der Waals surface area contributed by atoms with E-state index in [2.05, 4.69) is 5.32 Å². The molecule has 0 amide bonds. The van der Waals surface area contributed by atoms with Crippen LogP contribution in [0, 0.1) is 0 Å². The van der Waals surface area contributed by atoms with Gasteiger partial charge in [0.25, 0.3) is 0 Å². The Kier molecular flexibility index (Phi) is 5.16. The first-order valence-electron chi connectivity index (χ1n) is 6.05. The zero-order valence-corrected chi connectivity index (χ0v) is 14.3. The summed E-state index contributed by atoms with van der Waals surface area (Å²) < 4.78 is 23.4. The average molecular weight is 365 g/mol. The Morgan fingerprint density at radius 2 is 1.90 bits per heavy atom. The molecule has 0 bridgehead atoms. The number of hydrogen-bond acceptors (Lipinski definition) is 4. The van der Waals surface area contributed by atoms with Crippen molar-refractivity contribution in [3.8, 4) is 0 Å². The molecular weight excluding hydrogens is 351 g/mol. The molecule has 0 aliphatic heterocycles. The molecule has 1 unspecified atom stereocenters. The second kappa shape index (κ2) is 6.54. The lowest BCUT2D eigenvalue weighted by atomic mass is 10.1. The lowest BCUT2D eigenvalue weighted by Gasteiger charge is -2.15. The monoisotopic (exact) mass is 364 g/mol. The maximum absolute atomic E-state index is 11.0. The van der Waals surface area contributed by atoms with Crippen LogP contribution < -0.4 is 10.5 Å². The van der Waals surface area contributed by atoms with Gasteiger partial charge in [0.1, 0.15) is 0 Å². The third-order valence-corrected chi connectivity index (χ3v) is 5.11. The molecule has 0 aliphatic carbocycles. The first kappa shape index (κ1) is 16.6. The smallest absolute Gasteiger partial charge is 0.213 e. The summed E-state index contributed by atoms with van der Waals surface area (Å²) in [5.41, 5.74) is 2.44. The van der Waals surface area contributed by atoms with Crippen molar-refractivity contribution < 1.29 is 8.42 Å². The molecule has 1 aromatic heterocycles. The molecule has 8 heteroatoms. The Balaban J connectivity index is 2.08. The number of rotatable bonds is 5. The van der Waals surface area contributed by atoms with Crippen LogP contribution in [0.1, 0.15) is 24.1 Å². The van der Waals surface area contributed by atoms with Crippen LogP contribution in [0.2, 0.25) is 8.67 Å². The molecule has 1 aromatic carbocycles. The second-order valence-corrected chi connectivity index (χ2v) is 8.55. The van der Waals surface area contributed by atoms with Gasteiger partial charge in [-0.25, -0.2) is 13.6 Å². The molecule has 21 heavy (non-hydrogen) atoms. The molecule has 3 N–H and O–H groups in total. The van der Waals surface area contributed by atoms with Gasteiger partial charge >= 0.3 is 0 Å². The first-order valence-corrected chi connectivity index (χ1v) is 9.34. The number of nitrogens with one attached hydrogen (secondary N) is 1. The molecule has 0 fully saturated rings. The van der Waals surface area contributed by atoms with Gasteiger partial charge in [-0.1, -0.05) is 35.3 Å². The van der Waals surface area contributed by atoms with E-state index in [0.29, 0.717) is 14.2 Å². The van der Waals surface area contributed by atoms with E-state index in [-0.39, 0.29) is 11.8 Å². The van der Waals surface area contributed by atoms with E-state index >= 15 is 0 Å². The van der Waals surface area contributed by atoms with Gasteiger partial charge in [-0.05, 0) is 30.7 Å². The van der Waals surface area contributed by atoms with Crippen LogP contribution in [0.5, 0.6) is 0 Å². The van der Waals surface area contributed by atoms with E-state index in [4.69, 9.17) is 28.3 Å². The van der Waals surface area contributed by atoms with E-state index < -0.39 is 10.0 Å². The van der Waals surface area contributed by atoms with E-state index in [1.807, 2.05) is 13.0 Å². The summed E-state index contributed by atoms with van der Waals surface area (Å²) in [5, 5.41) is 8.30. The normalized spacial score (nSPS) is 13.1. The summed E-state index contributed by atoms with van der Waals surface area (Å²) in [5.74, 6) is -0.172. The molecule has 2 aromatic rings. The Bertz CT molecular complexity index is 727. The third-order valence-electron chi connectivity index (χ3n) is 2.85. The Hall–Kier alpha value is -0.790. The third kappa shape index (κ3) is 4.86. The highest BCUT2D eigenvalue weighted by Gasteiger charge is 2.13. The predicted molar refractivity (Wildman–Crippen MR) is 89.6 cm³/mol. The molecule has 0 spiro atoms. The number of nitrogens with two attached hydrogens (primary N) is 1. The van der Waals surface area contributed by atoms with Gasteiger partial charge in [0, 0.05) is 11.3 Å². The standard InChI is InChI=1S/C13H14Cl2N2O2S2/c1-8(11-6-12(14)20-13(11)15)17-10-4-2-9(3-5-10)7-21(16,18)19/h2-6,8,17H,7H2,1H3,(H2,16,18,19). The fourth-order valence-corrected chi connectivity index (χ4v) is 4.21. The van der Waals surface area contributed by atoms with E-state index in [9.17, 15) is 8.42 Å². The van der Waals surface area contributed by atoms with Crippen LogP contribution in [0.25, 0.3) is 0 Å². The van der Waals surface area contributed by atoms with Gasteiger partial charge in [-0.3, -0.25) is 0 Å². The number of sulfonamides is 1.